The Morgan fingerprint density at radius 3 is 2.23 bits per heavy atom. The molecule has 0 atom stereocenters. The first-order valence-corrected chi connectivity index (χ1v) is 9.58. The summed E-state index contributed by atoms with van der Waals surface area (Å²) in [5, 5.41) is 0. The van der Waals surface area contributed by atoms with Crippen LogP contribution in [0.5, 0.6) is 0 Å². The molecule has 2 aromatic carbocycles. The number of ketones is 1. The molecule has 0 fully saturated rings. The van der Waals surface area contributed by atoms with Crippen LogP contribution in [-0.2, 0) is 22.6 Å². The second kappa shape index (κ2) is 9.50. The number of aryl methyl sites for hydroxylation is 1. The number of Topliss-reactive ketones (excluding diaryl/α,β-unsaturated/α-hetero) is 1. The molecule has 0 saturated carbocycles. The standard InChI is InChI=1S/C24H24FNO4/c1-16-12-22(17(2)26(16)13-18-6-10-21(25)11-7-18)23(27)15-30-24(28)20-8-4-19(5-9-20)14-29-3/h4-12H,13-15H2,1-3H3. The first-order chi connectivity index (χ1) is 14.4. The van der Waals surface area contributed by atoms with E-state index in [1.54, 1.807) is 49.6 Å². The summed E-state index contributed by atoms with van der Waals surface area (Å²) in [6.45, 7) is 4.40. The molecule has 1 heterocycles. The highest BCUT2D eigenvalue weighted by Gasteiger charge is 2.18. The summed E-state index contributed by atoms with van der Waals surface area (Å²) in [7, 11) is 1.60. The minimum Gasteiger partial charge on any atom is -0.454 e. The van der Waals surface area contributed by atoms with Gasteiger partial charge in [-0.15, -0.1) is 0 Å². The number of methoxy groups -OCH3 is 1. The lowest BCUT2D eigenvalue weighted by Crippen LogP contribution is -2.15. The van der Waals surface area contributed by atoms with E-state index in [1.807, 2.05) is 18.4 Å². The molecule has 0 aliphatic carbocycles. The van der Waals surface area contributed by atoms with E-state index >= 15 is 0 Å². The van der Waals surface area contributed by atoms with Crippen LogP contribution in [-0.4, -0.2) is 30.0 Å². The molecular weight excluding hydrogens is 385 g/mol. The minimum atomic E-state index is -0.549. The zero-order valence-electron chi connectivity index (χ0n) is 17.3. The Kier molecular flexibility index (Phi) is 6.79. The van der Waals surface area contributed by atoms with Gasteiger partial charge in [0.05, 0.1) is 12.2 Å². The van der Waals surface area contributed by atoms with E-state index < -0.39 is 5.97 Å². The van der Waals surface area contributed by atoms with E-state index in [4.69, 9.17) is 9.47 Å². The average Bonchev–Trinajstić information content (AvgIpc) is 3.02. The SMILES string of the molecule is COCc1ccc(C(=O)OCC(=O)c2cc(C)n(Cc3ccc(F)cc3)c2C)cc1. The maximum absolute atomic E-state index is 13.1. The lowest BCUT2D eigenvalue weighted by atomic mass is 10.1. The second-order valence-corrected chi connectivity index (χ2v) is 7.13. The van der Waals surface area contributed by atoms with Gasteiger partial charge in [-0.05, 0) is 55.3 Å². The zero-order valence-corrected chi connectivity index (χ0v) is 17.3. The number of rotatable bonds is 8. The van der Waals surface area contributed by atoms with Gasteiger partial charge in [0.2, 0.25) is 5.78 Å². The number of benzene rings is 2. The normalized spacial score (nSPS) is 10.8. The molecule has 6 heteroatoms. The van der Waals surface area contributed by atoms with Crippen LogP contribution < -0.4 is 0 Å². The number of carbonyl (C=O) groups is 2. The van der Waals surface area contributed by atoms with Crippen molar-refractivity contribution in [2.24, 2.45) is 0 Å². The minimum absolute atomic E-state index is 0.266. The maximum atomic E-state index is 13.1. The van der Waals surface area contributed by atoms with Crippen LogP contribution in [0.25, 0.3) is 0 Å². The van der Waals surface area contributed by atoms with E-state index in [1.165, 1.54) is 12.1 Å². The van der Waals surface area contributed by atoms with Gasteiger partial charge in [-0.2, -0.15) is 0 Å². The molecule has 0 aliphatic heterocycles. The fourth-order valence-electron chi connectivity index (χ4n) is 3.30. The van der Waals surface area contributed by atoms with E-state index in [2.05, 4.69) is 0 Å². The predicted octanol–water partition coefficient (Wildman–Crippen LogP) is 4.48. The summed E-state index contributed by atoms with van der Waals surface area (Å²) in [4.78, 5) is 24.9. The highest BCUT2D eigenvalue weighted by atomic mass is 19.1. The molecule has 0 spiro atoms. The van der Waals surface area contributed by atoms with Crippen LogP contribution in [0.15, 0.2) is 54.6 Å². The van der Waals surface area contributed by atoms with Crippen molar-refractivity contribution in [2.45, 2.75) is 27.0 Å². The summed E-state index contributed by atoms with van der Waals surface area (Å²) >= 11 is 0. The third kappa shape index (κ3) is 5.02. The summed E-state index contributed by atoms with van der Waals surface area (Å²) in [5.41, 5.74) is 4.45. The fraction of sp³-hybridized carbons (Fsp3) is 0.250. The molecule has 0 saturated heterocycles. The third-order valence-corrected chi connectivity index (χ3v) is 4.96. The number of aromatic nitrogens is 1. The number of ether oxygens (including phenoxy) is 2. The number of carbonyl (C=O) groups excluding carboxylic acids is 2. The average molecular weight is 409 g/mol. The number of esters is 1. The Bertz CT molecular complexity index is 1040. The molecule has 3 rings (SSSR count). The van der Waals surface area contributed by atoms with Crippen molar-refractivity contribution in [1.82, 2.24) is 4.57 Å². The summed E-state index contributed by atoms with van der Waals surface area (Å²) in [6, 6.07) is 14.9. The molecule has 0 N–H and O–H groups in total. The number of nitrogens with zero attached hydrogens (tertiary/aromatic N) is 1. The van der Waals surface area contributed by atoms with E-state index in [-0.39, 0.29) is 18.2 Å². The fourth-order valence-corrected chi connectivity index (χ4v) is 3.30. The van der Waals surface area contributed by atoms with Crippen molar-refractivity contribution in [3.63, 3.8) is 0 Å². The van der Waals surface area contributed by atoms with Crippen LogP contribution in [0.4, 0.5) is 4.39 Å². The van der Waals surface area contributed by atoms with Gasteiger partial charge in [0, 0.05) is 30.6 Å². The molecule has 3 aromatic rings. The number of halogens is 1. The first-order valence-electron chi connectivity index (χ1n) is 9.58. The van der Waals surface area contributed by atoms with Gasteiger partial charge in [-0.1, -0.05) is 24.3 Å². The third-order valence-electron chi connectivity index (χ3n) is 4.96. The summed E-state index contributed by atoms with van der Waals surface area (Å²) in [5.74, 6) is -1.10. The van der Waals surface area contributed by atoms with Crippen molar-refractivity contribution in [3.05, 3.63) is 94.1 Å². The van der Waals surface area contributed by atoms with E-state index in [0.717, 1.165) is 22.5 Å². The van der Waals surface area contributed by atoms with Gasteiger partial charge >= 0.3 is 5.97 Å². The Morgan fingerprint density at radius 1 is 0.967 bits per heavy atom. The van der Waals surface area contributed by atoms with Gasteiger partial charge < -0.3 is 14.0 Å². The van der Waals surface area contributed by atoms with Gasteiger partial charge in [0.15, 0.2) is 6.61 Å². The Labute approximate surface area is 175 Å². The van der Waals surface area contributed by atoms with Crippen molar-refractivity contribution < 1.29 is 23.5 Å². The Hall–Kier alpha value is -3.25. The van der Waals surface area contributed by atoms with Gasteiger partial charge in [-0.3, -0.25) is 4.79 Å². The lowest BCUT2D eigenvalue weighted by Gasteiger charge is -2.10. The van der Waals surface area contributed by atoms with Crippen molar-refractivity contribution in [3.8, 4) is 0 Å². The monoisotopic (exact) mass is 409 g/mol. The largest absolute Gasteiger partial charge is 0.454 e. The summed E-state index contributed by atoms with van der Waals surface area (Å²) in [6.07, 6.45) is 0. The zero-order chi connectivity index (χ0) is 21.7. The van der Waals surface area contributed by atoms with Gasteiger partial charge in [-0.25, -0.2) is 9.18 Å². The first kappa shape index (κ1) is 21.5. The molecule has 0 unspecified atom stereocenters. The van der Waals surface area contributed by atoms with Crippen molar-refractivity contribution >= 4 is 11.8 Å². The number of hydrogen-bond acceptors (Lipinski definition) is 4. The van der Waals surface area contributed by atoms with Crippen molar-refractivity contribution in [2.75, 3.05) is 13.7 Å². The van der Waals surface area contributed by atoms with Gasteiger partial charge in [0.25, 0.3) is 0 Å². The van der Waals surface area contributed by atoms with E-state index in [9.17, 15) is 14.0 Å². The highest BCUT2D eigenvalue weighted by Crippen LogP contribution is 2.18. The van der Waals surface area contributed by atoms with Crippen LogP contribution in [0.3, 0.4) is 0 Å². The van der Waals surface area contributed by atoms with Crippen LogP contribution in [0.1, 0.15) is 43.2 Å². The molecule has 0 radical (unpaired) electrons. The predicted molar refractivity (Wildman–Crippen MR) is 111 cm³/mol. The summed E-state index contributed by atoms with van der Waals surface area (Å²) < 4.78 is 25.4. The topological polar surface area (TPSA) is 57.5 Å². The van der Waals surface area contributed by atoms with Crippen molar-refractivity contribution in [1.29, 1.82) is 0 Å². The molecule has 1 aromatic heterocycles. The molecular formula is C24H24FNO4. The molecule has 30 heavy (non-hydrogen) atoms. The number of hydrogen-bond donors (Lipinski definition) is 0. The highest BCUT2D eigenvalue weighted by molar-refractivity contribution is 6.00. The molecule has 0 aliphatic rings. The van der Waals surface area contributed by atoms with Crippen LogP contribution >= 0.6 is 0 Å². The lowest BCUT2D eigenvalue weighted by molar-refractivity contribution is 0.0474. The van der Waals surface area contributed by atoms with E-state index in [0.29, 0.717) is 24.3 Å². The molecule has 5 nitrogen and oxygen atoms in total. The molecule has 0 bridgehead atoms. The maximum Gasteiger partial charge on any atom is 0.338 e. The van der Waals surface area contributed by atoms with Crippen LogP contribution in [0, 0.1) is 19.7 Å². The Morgan fingerprint density at radius 2 is 1.60 bits per heavy atom. The smallest absolute Gasteiger partial charge is 0.338 e. The molecule has 0 amide bonds. The molecule has 156 valence electrons. The quantitative estimate of drug-likeness (QED) is 0.407. The Balaban J connectivity index is 1.65. The van der Waals surface area contributed by atoms with Crippen LogP contribution in [0.2, 0.25) is 0 Å². The second-order valence-electron chi connectivity index (χ2n) is 7.13. The van der Waals surface area contributed by atoms with Gasteiger partial charge in [0.1, 0.15) is 5.82 Å².